The van der Waals surface area contributed by atoms with Crippen molar-refractivity contribution in [1.29, 1.82) is 0 Å². The summed E-state index contributed by atoms with van der Waals surface area (Å²) in [4.78, 5) is 0. The first-order valence-electron chi connectivity index (χ1n) is 2.06. The Kier molecular flexibility index (Phi) is 16.1. The number of thiol groups is 1. The zero-order valence-electron chi connectivity index (χ0n) is 4.07. The molecule has 0 saturated heterocycles. The van der Waals surface area contributed by atoms with E-state index in [2.05, 4.69) is 6.92 Å². The third kappa shape index (κ3) is 8.94. The van der Waals surface area contributed by atoms with Crippen LogP contribution in [0.3, 0.4) is 0 Å². The summed E-state index contributed by atoms with van der Waals surface area (Å²) in [5.74, 6) is 0. The van der Waals surface area contributed by atoms with E-state index in [1.54, 1.807) is 22.5 Å². The average molecular weight is 209 g/mol. The largest absolute Gasteiger partial charge is 0.813 e. The van der Waals surface area contributed by atoms with Gasteiger partial charge in [-0.2, -0.15) is 0 Å². The summed E-state index contributed by atoms with van der Waals surface area (Å²) in [6, 6.07) is 0. The third-order valence-electron chi connectivity index (χ3n) is 0.530. The molecule has 37 valence electrons. The number of hydrogen-bond donors (Lipinski definition) is 0. The SMILES string of the molecule is CCC[CH2][Sn].[SH-]. The summed E-state index contributed by atoms with van der Waals surface area (Å²) >= 11 is 1.68. The molecule has 0 nitrogen and oxygen atoms in total. The van der Waals surface area contributed by atoms with Gasteiger partial charge in [0.1, 0.15) is 0 Å². The molecule has 0 aromatic heterocycles. The molecule has 6 heavy (non-hydrogen) atoms. The van der Waals surface area contributed by atoms with Gasteiger partial charge in [-0.05, 0) is 0 Å². The van der Waals surface area contributed by atoms with Crippen molar-refractivity contribution >= 4 is 36.0 Å². The maximum atomic E-state index is 2.23. The second-order valence-electron chi connectivity index (χ2n) is 1.10. The minimum Gasteiger partial charge on any atom is -0.813 e. The quantitative estimate of drug-likeness (QED) is 0.372. The van der Waals surface area contributed by atoms with Crippen molar-refractivity contribution in [3.8, 4) is 0 Å². The van der Waals surface area contributed by atoms with Crippen LogP contribution in [0.25, 0.3) is 0 Å². The number of rotatable bonds is 2. The van der Waals surface area contributed by atoms with E-state index in [4.69, 9.17) is 0 Å². The van der Waals surface area contributed by atoms with E-state index in [0.29, 0.717) is 0 Å². The van der Waals surface area contributed by atoms with E-state index in [0.717, 1.165) is 0 Å². The molecule has 0 heterocycles. The third-order valence-corrected chi connectivity index (χ3v) is 1.54. The Bertz CT molecular complexity index is 15.0. The van der Waals surface area contributed by atoms with Gasteiger partial charge in [-0.15, -0.1) is 0 Å². The Morgan fingerprint density at radius 3 is 2.00 bits per heavy atom. The van der Waals surface area contributed by atoms with Crippen molar-refractivity contribution in [2.75, 3.05) is 0 Å². The van der Waals surface area contributed by atoms with E-state index in [9.17, 15) is 0 Å². The van der Waals surface area contributed by atoms with Gasteiger partial charge in [-0.1, -0.05) is 0 Å². The van der Waals surface area contributed by atoms with Crippen LogP contribution in [0.5, 0.6) is 0 Å². The Morgan fingerprint density at radius 1 is 1.50 bits per heavy atom. The van der Waals surface area contributed by atoms with E-state index in [-0.39, 0.29) is 13.5 Å². The van der Waals surface area contributed by atoms with Crippen LogP contribution in [-0.2, 0) is 13.5 Å². The van der Waals surface area contributed by atoms with Gasteiger partial charge in [-0.3, -0.25) is 0 Å². The molecule has 0 unspecified atom stereocenters. The first-order valence-corrected chi connectivity index (χ1v) is 4.08. The molecule has 0 fully saturated rings. The van der Waals surface area contributed by atoms with Crippen LogP contribution >= 0.6 is 0 Å². The van der Waals surface area contributed by atoms with E-state index in [1.165, 1.54) is 17.3 Å². The van der Waals surface area contributed by atoms with Gasteiger partial charge >= 0.3 is 46.7 Å². The second-order valence-corrected chi connectivity index (χ2v) is 2.53. The Balaban J connectivity index is 0. The topological polar surface area (TPSA) is 0 Å². The van der Waals surface area contributed by atoms with Crippen molar-refractivity contribution < 1.29 is 0 Å². The zero-order valence-corrected chi connectivity index (χ0v) is 7.82. The summed E-state index contributed by atoms with van der Waals surface area (Å²) in [5.41, 5.74) is 0. The van der Waals surface area contributed by atoms with Crippen LogP contribution < -0.4 is 0 Å². The van der Waals surface area contributed by atoms with Gasteiger partial charge in [0.15, 0.2) is 0 Å². The van der Waals surface area contributed by atoms with Gasteiger partial charge in [0, 0.05) is 0 Å². The van der Waals surface area contributed by atoms with Gasteiger partial charge < -0.3 is 13.5 Å². The maximum absolute atomic E-state index is 2.23. The van der Waals surface area contributed by atoms with Crippen molar-refractivity contribution in [2.24, 2.45) is 0 Å². The Morgan fingerprint density at radius 2 is 2.00 bits per heavy atom. The Hall–Kier alpha value is 1.15. The number of hydrogen-bond acceptors (Lipinski definition) is 1. The molecule has 0 aromatic rings. The van der Waals surface area contributed by atoms with Crippen LogP contribution in [0.2, 0.25) is 4.44 Å². The molecular formula is C4H10SSn-. The smallest absolute Gasteiger partial charge is 0.813 e. The van der Waals surface area contributed by atoms with E-state index < -0.39 is 0 Å². The summed E-state index contributed by atoms with van der Waals surface area (Å²) in [6.07, 6.45) is 2.80. The molecular weight excluding hydrogens is 199 g/mol. The summed E-state index contributed by atoms with van der Waals surface area (Å²) in [7, 11) is 0. The van der Waals surface area contributed by atoms with Crippen LogP contribution in [0.4, 0.5) is 0 Å². The monoisotopic (exact) mass is 210 g/mol. The van der Waals surface area contributed by atoms with E-state index in [1.807, 2.05) is 0 Å². The first-order chi connectivity index (χ1) is 2.41. The van der Waals surface area contributed by atoms with Gasteiger partial charge in [-0.25, -0.2) is 0 Å². The molecule has 0 rings (SSSR count). The van der Waals surface area contributed by atoms with Crippen LogP contribution in [0.1, 0.15) is 19.8 Å². The van der Waals surface area contributed by atoms with E-state index >= 15 is 0 Å². The second kappa shape index (κ2) is 9.47. The molecule has 0 spiro atoms. The van der Waals surface area contributed by atoms with Crippen molar-refractivity contribution in [3.05, 3.63) is 0 Å². The minimum atomic E-state index is 0. The first kappa shape index (κ1) is 10.2. The van der Waals surface area contributed by atoms with Crippen molar-refractivity contribution in [3.63, 3.8) is 0 Å². The Labute approximate surface area is 60.2 Å². The fourth-order valence-corrected chi connectivity index (χ4v) is 1.19. The summed E-state index contributed by atoms with van der Waals surface area (Å²) in [6.45, 7) is 2.23. The zero-order chi connectivity index (χ0) is 4.12. The molecule has 0 saturated carbocycles. The maximum Gasteiger partial charge on any atom is -0.813 e. The average Bonchev–Trinajstić information content (AvgIpc) is 1.41. The molecule has 0 bridgehead atoms. The predicted molar refractivity (Wildman–Crippen MR) is 34.2 cm³/mol. The van der Waals surface area contributed by atoms with Gasteiger partial charge in [0.05, 0.1) is 0 Å². The molecule has 0 aliphatic heterocycles. The van der Waals surface area contributed by atoms with Crippen LogP contribution in [0.15, 0.2) is 0 Å². The van der Waals surface area contributed by atoms with Crippen LogP contribution in [-0.4, -0.2) is 22.5 Å². The fourth-order valence-electron chi connectivity index (χ4n) is 0.177. The molecule has 0 aliphatic carbocycles. The molecule has 0 atom stereocenters. The molecule has 0 aromatic carbocycles. The fraction of sp³-hybridized carbons (Fsp3) is 1.00. The number of unbranched alkanes of at least 4 members (excludes halogenated alkanes) is 1. The minimum absolute atomic E-state index is 0. The summed E-state index contributed by atoms with van der Waals surface area (Å²) in [5, 5.41) is 0. The van der Waals surface area contributed by atoms with Gasteiger partial charge in [0.2, 0.25) is 0 Å². The normalized spacial score (nSPS) is 7.00. The molecule has 0 aliphatic rings. The molecule has 3 radical (unpaired) electrons. The standard InChI is InChI=1S/C4H9.H2S.Sn/c1-3-4-2;;/h1,3-4H2,2H3;1H2;/p-1. The summed E-state index contributed by atoms with van der Waals surface area (Å²) < 4.78 is 1.43. The molecule has 0 amide bonds. The van der Waals surface area contributed by atoms with Gasteiger partial charge in [0.25, 0.3) is 0 Å². The van der Waals surface area contributed by atoms with Crippen LogP contribution in [0, 0.1) is 0 Å². The molecule has 0 N–H and O–H groups in total. The predicted octanol–water partition coefficient (Wildman–Crippen LogP) is 1.10. The van der Waals surface area contributed by atoms with Crippen molar-refractivity contribution in [1.82, 2.24) is 0 Å². The molecule has 2 heteroatoms. The van der Waals surface area contributed by atoms with Crippen molar-refractivity contribution in [2.45, 2.75) is 24.2 Å².